The third-order valence-corrected chi connectivity index (χ3v) is 3.36. The molecule has 0 bridgehead atoms. The minimum Gasteiger partial charge on any atom is -0.493 e. The maximum absolute atomic E-state index is 6.06. The second-order valence-electron chi connectivity index (χ2n) is 4.55. The van der Waals surface area contributed by atoms with Crippen LogP contribution < -0.4 is 4.74 Å². The molecule has 2 heterocycles. The summed E-state index contributed by atoms with van der Waals surface area (Å²) in [6.45, 7) is 3.68. The highest BCUT2D eigenvalue weighted by Gasteiger charge is 2.14. The second kappa shape index (κ2) is 5.77. The topological polar surface area (TPSA) is 44.2 Å². The summed E-state index contributed by atoms with van der Waals surface area (Å²) in [6.07, 6.45) is 0.938. The minimum atomic E-state index is 0.373. The van der Waals surface area contributed by atoms with E-state index < -0.39 is 0 Å². The van der Waals surface area contributed by atoms with Crippen LogP contribution in [0.15, 0.2) is 24.3 Å². The van der Waals surface area contributed by atoms with E-state index in [0.717, 1.165) is 30.0 Å². The number of ether oxygens (including phenoxy) is 2. The molecule has 4 nitrogen and oxygen atoms in total. The predicted octanol–water partition coefficient (Wildman–Crippen LogP) is 3.27. The van der Waals surface area contributed by atoms with Crippen molar-refractivity contribution in [2.24, 2.45) is 0 Å². The number of aromatic nitrogens is 2. The van der Waals surface area contributed by atoms with Gasteiger partial charge < -0.3 is 9.47 Å². The van der Waals surface area contributed by atoms with Crippen molar-refractivity contribution in [1.29, 1.82) is 0 Å². The Hall–Kier alpha value is -1.65. The molecule has 0 amide bonds. The smallest absolute Gasteiger partial charge is 0.156 e. The van der Waals surface area contributed by atoms with Gasteiger partial charge in [0.05, 0.1) is 12.3 Å². The summed E-state index contributed by atoms with van der Waals surface area (Å²) in [5.74, 6) is 1.56. The van der Waals surface area contributed by atoms with E-state index in [1.54, 1.807) is 6.07 Å². The van der Waals surface area contributed by atoms with Crippen molar-refractivity contribution in [3.05, 3.63) is 40.8 Å². The Bertz CT molecular complexity index is 631. The molecule has 0 atom stereocenters. The Balaban J connectivity index is 1.94. The summed E-state index contributed by atoms with van der Waals surface area (Å²) < 4.78 is 10.8. The van der Waals surface area contributed by atoms with Crippen LogP contribution in [0.5, 0.6) is 5.75 Å². The first-order valence-corrected chi connectivity index (χ1v) is 7.01. The molecule has 0 unspecified atom stereocenters. The van der Waals surface area contributed by atoms with Gasteiger partial charge in [0.2, 0.25) is 0 Å². The van der Waals surface area contributed by atoms with E-state index in [1.165, 1.54) is 5.56 Å². The fraction of sp³-hybridized carbons (Fsp3) is 0.333. The van der Waals surface area contributed by atoms with Gasteiger partial charge in [-0.3, -0.25) is 0 Å². The molecule has 2 aromatic rings. The fourth-order valence-electron chi connectivity index (χ4n) is 2.22. The van der Waals surface area contributed by atoms with Gasteiger partial charge in [0.1, 0.15) is 17.5 Å². The van der Waals surface area contributed by atoms with Crippen LogP contribution in [0, 0.1) is 0 Å². The van der Waals surface area contributed by atoms with Gasteiger partial charge in [0.15, 0.2) is 5.82 Å². The Kier molecular flexibility index (Phi) is 3.85. The van der Waals surface area contributed by atoms with E-state index >= 15 is 0 Å². The number of rotatable bonds is 4. The normalized spacial score (nSPS) is 13.1. The number of fused-ring (bicyclic) bond motifs is 1. The molecule has 1 aliphatic heterocycles. The maximum Gasteiger partial charge on any atom is 0.156 e. The summed E-state index contributed by atoms with van der Waals surface area (Å²) in [6, 6.07) is 7.85. The van der Waals surface area contributed by atoms with E-state index in [-0.39, 0.29) is 0 Å². The SMILES string of the molecule is CCOCc1nc(Cl)cc(-c2ccc3c(c2)CCO3)n1. The molecule has 1 aromatic heterocycles. The molecule has 0 saturated heterocycles. The Labute approximate surface area is 122 Å². The molecule has 0 spiro atoms. The Morgan fingerprint density at radius 2 is 2.20 bits per heavy atom. The van der Waals surface area contributed by atoms with Crippen LogP contribution in [-0.2, 0) is 17.8 Å². The second-order valence-corrected chi connectivity index (χ2v) is 4.94. The standard InChI is InChI=1S/C15H15ClN2O2/c1-2-19-9-15-17-12(8-14(16)18-15)10-3-4-13-11(7-10)5-6-20-13/h3-4,7-8H,2,5-6,9H2,1H3. The first kappa shape index (κ1) is 13.3. The summed E-state index contributed by atoms with van der Waals surface area (Å²) >= 11 is 6.06. The monoisotopic (exact) mass is 290 g/mol. The van der Waals surface area contributed by atoms with E-state index in [9.17, 15) is 0 Å². The summed E-state index contributed by atoms with van der Waals surface area (Å²) in [5.41, 5.74) is 3.05. The highest BCUT2D eigenvalue weighted by Crippen LogP contribution is 2.30. The third-order valence-electron chi connectivity index (χ3n) is 3.16. The van der Waals surface area contributed by atoms with Crippen LogP contribution in [-0.4, -0.2) is 23.2 Å². The fourth-order valence-corrected chi connectivity index (χ4v) is 2.42. The van der Waals surface area contributed by atoms with Gasteiger partial charge in [-0.15, -0.1) is 0 Å². The molecule has 0 fully saturated rings. The van der Waals surface area contributed by atoms with Gasteiger partial charge in [-0.1, -0.05) is 11.6 Å². The summed E-state index contributed by atoms with van der Waals surface area (Å²) in [4.78, 5) is 8.68. The van der Waals surface area contributed by atoms with Crippen LogP contribution in [0.25, 0.3) is 11.3 Å². The molecule has 0 radical (unpaired) electrons. The average Bonchev–Trinajstić information content (AvgIpc) is 2.92. The number of benzene rings is 1. The van der Waals surface area contributed by atoms with E-state index in [4.69, 9.17) is 21.1 Å². The van der Waals surface area contributed by atoms with Crippen LogP contribution in [0.2, 0.25) is 5.15 Å². The lowest BCUT2D eigenvalue weighted by Gasteiger charge is -2.07. The lowest BCUT2D eigenvalue weighted by molar-refractivity contribution is 0.128. The average molecular weight is 291 g/mol. The molecule has 1 aromatic carbocycles. The number of hydrogen-bond donors (Lipinski definition) is 0. The molecule has 20 heavy (non-hydrogen) atoms. The minimum absolute atomic E-state index is 0.373. The lowest BCUT2D eigenvalue weighted by Crippen LogP contribution is -2.00. The molecular formula is C15H15ClN2O2. The Morgan fingerprint density at radius 3 is 3.05 bits per heavy atom. The molecule has 0 saturated carbocycles. The van der Waals surface area contributed by atoms with E-state index in [0.29, 0.717) is 24.2 Å². The largest absolute Gasteiger partial charge is 0.493 e. The van der Waals surface area contributed by atoms with Gasteiger partial charge in [-0.05, 0) is 30.7 Å². The van der Waals surface area contributed by atoms with Crippen molar-refractivity contribution < 1.29 is 9.47 Å². The van der Waals surface area contributed by atoms with Crippen molar-refractivity contribution in [3.63, 3.8) is 0 Å². The first-order chi connectivity index (χ1) is 9.76. The van der Waals surface area contributed by atoms with Crippen LogP contribution in [0.4, 0.5) is 0 Å². The highest BCUT2D eigenvalue weighted by atomic mass is 35.5. The molecule has 0 N–H and O–H groups in total. The van der Waals surface area contributed by atoms with Crippen LogP contribution in [0.1, 0.15) is 18.3 Å². The van der Waals surface area contributed by atoms with Crippen molar-refractivity contribution in [2.75, 3.05) is 13.2 Å². The molecule has 1 aliphatic rings. The Morgan fingerprint density at radius 1 is 1.30 bits per heavy atom. The number of hydrogen-bond acceptors (Lipinski definition) is 4. The zero-order valence-corrected chi connectivity index (χ0v) is 12.0. The lowest BCUT2D eigenvalue weighted by atomic mass is 10.1. The van der Waals surface area contributed by atoms with Crippen LogP contribution in [0.3, 0.4) is 0 Å². The van der Waals surface area contributed by atoms with E-state index in [1.807, 2.05) is 19.1 Å². The summed E-state index contributed by atoms with van der Waals surface area (Å²) in [7, 11) is 0. The molecule has 3 rings (SSSR count). The molecule has 5 heteroatoms. The predicted molar refractivity (Wildman–Crippen MR) is 77.0 cm³/mol. The van der Waals surface area contributed by atoms with Gasteiger partial charge in [-0.2, -0.15) is 0 Å². The maximum atomic E-state index is 6.06. The quantitative estimate of drug-likeness (QED) is 0.811. The first-order valence-electron chi connectivity index (χ1n) is 6.63. The van der Waals surface area contributed by atoms with Gasteiger partial charge in [0.25, 0.3) is 0 Å². The highest BCUT2D eigenvalue weighted by molar-refractivity contribution is 6.29. The molecule has 104 valence electrons. The van der Waals surface area contributed by atoms with Gasteiger partial charge >= 0.3 is 0 Å². The molecular weight excluding hydrogens is 276 g/mol. The van der Waals surface area contributed by atoms with Crippen molar-refractivity contribution in [2.45, 2.75) is 20.0 Å². The van der Waals surface area contributed by atoms with Gasteiger partial charge in [0, 0.05) is 24.7 Å². The zero-order chi connectivity index (χ0) is 13.9. The third kappa shape index (κ3) is 2.76. The zero-order valence-electron chi connectivity index (χ0n) is 11.2. The summed E-state index contributed by atoms with van der Waals surface area (Å²) in [5, 5.41) is 0.432. The van der Waals surface area contributed by atoms with E-state index in [2.05, 4.69) is 16.0 Å². The van der Waals surface area contributed by atoms with Crippen molar-refractivity contribution in [1.82, 2.24) is 9.97 Å². The van der Waals surface area contributed by atoms with Crippen LogP contribution >= 0.6 is 11.6 Å². The van der Waals surface area contributed by atoms with Crippen molar-refractivity contribution in [3.8, 4) is 17.0 Å². The molecule has 0 aliphatic carbocycles. The van der Waals surface area contributed by atoms with Gasteiger partial charge in [-0.25, -0.2) is 9.97 Å². The number of halogens is 1. The van der Waals surface area contributed by atoms with Crippen molar-refractivity contribution >= 4 is 11.6 Å². The number of nitrogens with zero attached hydrogens (tertiary/aromatic N) is 2.